The van der Waals surface area contributed by atoms with Crippen molar-refractivity contribution in [1.82, 2.24) is 9.38 Å². The first kappa shape index (κ1) is 16.5. The minimum absolute atomic E-state index is 0.577. The second-order valence-corrected chi connectivity index (χ2v) is 7.32. The van der Waals surface area contributed by atoms with Gasteiger partial charge in [-0.25, -0.2) is 4.98 Å². The average Bonchev–Trinajstić information content (AvgIpc) is 3.16. The van der Waals surface area contributed by atoms with Gasteiger partial charge in [-0.2, -0.15) is 0 Å². The van der Waals surface area contributed by atoms with Crippen LogP contribution in [0.1, 0.15) is 20.9 Å². The third-order valence-corrected chi connectivity index (χ3v) is 5.47. The van der Waals surface area contributed by atoms with Crippen LogP contribution in [-0.2, 0) is 0 Å². The summed E-state index contributed by atoms with van der Waals surface area (Å²) >= 11 is 1.60. The summed E-state index contributed by atoms with van der Waals surface area (Å²) in [5.74, 6) is 0.822. The van der Waals surface area contributed by atoms with Gasteiger partial charge in [0.1, 0.15) is 17.1 Å². The third-order valence-electron chi connectivity index (χ3n) is 4.51. The van der Waals surface area contributed by atoms with Crippen molar-refractivity contribution in [3.63, 3.8) is 0 Å². The first-order valence-corrected chi connectivity index (χ1v) is 9.13. The van der Waals surface area contributed by atoms with E-state index in [9.17, 15) is 4.79 Å². The molecule has 0 amide bonds. The van der Waals surface area contributed by atoms with Crippen LogP contribution >= 0.6 is 11.3 Å². The lowest BCUT2D eigenvalue weighted by molar-refractivity contribution is 0.111. The Morgan fingerprint density at radius 1 is 1.08 bits per heavy atom. The Balaban J connectivity index is 1.97. The number of aldehydes is 1. The van der Waals surface area contributed by atoms with Crippen LogP contribution in [0.2, 0.25) is 0 Å². The van der Waals surface area contributed by atoms with Gasteiger partial charge in [0.2, 0.25) is 0 Å². The summed E-state index contributed by atoms with van der Waals surface area (Å²) in [6.07, 6.45) is 0.896. The topological polar surface area (TPSA) is 43.6 Å². The van der Waals surface area contributed by atoms with Gasteiger partial charge in [0.05, 0.1) is 12.8 Å². The Bertz CT molecular complexity index is 1110. The van der Waals surface area contributed by atoms with Gasteiger partial charge in [0.25, 0.3) is 0 Å². The number of hydrogen-bond acceptors (Lipinski definition) is 4. The van der Waals surface area contributed by atoms with Crippen molar-refractivity contribution < 1.29 is 9.53 Å². The zero-order chi connectivity index (χ0) is 18.3. The molecular weight excluding hydrogens is 344 g/mol. The number of imidazole rings is 1. The van der Waals surface area contributed by atoms with Crippen LogP contribution < -0.4 is 4.74 Å². The van der Waals surface area contributed by atoms with Crippen LogP contribution in [0.4, 0.5) is 0 Å². The first-order chi connectivity index (χ1) is 12.6. The highest BCUT2D eigenvalue weighted by Crippen LogP contribution is 2.36. The van der Waals surface area contributed by atoms with Gasteiger partial charge in [-0.05, 0) is 43.2 Å². The second kappa shape index (κ2) is 6.42. The lowest BCUT2D eigenvalue weighted by atomic mass is 10.1. The molecule has 0 unspecified atom stereocenters. The van der Waals surface area contributed by atoms with Crippen molar-refractivity contribution >= 4 is 22.6 Å². The molecule has 4 nitrogen and oxygen atoms in total. The molecule has 2 aromatic heterocycles. The van der Waals surface area contributed by atoms with E-state index in [2.05, 4.69) is 19.1 Å². The Morgan fingerprint density at radius 3 is 2.50 bits per heavy atom. The van der Waals surface area contributed by atoms with Crippen molar-refractivity contribution in [2.45, 2.75) is 13.8 Å². The lowest BCUT2D eigenvalue weighted by Crippen LogP contribution is -1.96. The van der Waals surface area contributed by atoms with Gasteiger partial charge >= 0.3 is 0 Å². The van der Waals surface area contributed by atoms with E-state index in [1.54, 1.807) is 18.4 Å². The van der Waals surface area contributed by atoms with E-state index in [0.29, 0.717) is 11.4 Å². The maximum absolute atomic E-state index is 12.0. The number of nitrogens with zero attached hydrogens (tertiary/aromatic N) is 2. The predicted octanol–water partition coefficient (Wildman–Crippen LogP) is 5.17. The number of thiazole rings is 1. The van der Waals surface area contributed by atoms with E-state index in [1.165, 1.54) is 0 Å². The van der Waals surface area contributed by atoms with Crippen molar-refractivity contribution in [1.29, 1.82) is 0 Å². The van der Waals surface area contributed by atoms with Crippen molar-refractivity contribution in [3.8, 4) is 28.3 Å². The number of carbonyl (C=O) groups excluding carboxylic acids is 1. The molecule has 4 rings (SSSR count). The summed E-state index contributed by atoms with van der Waals surface area (Å²) in [7, 11) is 1.65. The molecule has 0 radical (unpaired) electrons. The van der Waals surface area contributed by atoms with Crippen LogP contribution in [-0.4, -0.2) is 22.8 Å². The number of methoxy groups -OCH3 is 1. The highest BCUT2D eigenvalue weighted by atomic mass is 32.1. The number of carbonyl (C=O) groups is 1. The number of aryl methyl sites for hydroxylation is 2. The van der Waals surface area contributed by atoms with Gasteiger partial charge in [-0.1, -0.05) is 30.3 Å². The summed E-state index contributed by atoms with van der Waals surface area (Å²) in [6.45, 7) is 4.05. The molecule has 2 aromatic carbocycles. The standard InChI is InChI=1S/C21H18N2O2S/c1-13-11-16(9-10-18(13)25-3)19-17(12-24)23-20(14(2)26-21(23)22-19)15-7-5-4-6-8-15/h4-12H,1-3H3. The molecule has 0 saturated heterocycles. The molecule has 0 aliphatic heterocycles. The minimum atomic E-state index is 0.577. The number of benzene rings is 2. The number of aromatic nitrogens is 2. The average molecular weight is 362 g/mol. The molecule has 0 aliphatic rings. The molecule has 2 heterocycles. The highest BCUT2D eigenvalue weighted by Gasteiger charge is 2.21. The highest BCUT2D eigenvalue weighted by molar-refractivity contribution is 7.17. The monoisotopic (exact) mass is 362 g/mol. The molecule has 0 spiro atoms. The molecule has 0 aliphatic carbocycles. The van der Waals surface area contributed by atoms with E-state index in [0.717, 1.165) is 44.3 Å². The minimum Gasteiger partial charge on any atom is -0.496 e. The molecule has 0 saturated carbocycles. The number of hydrogen-bond donors (Lipinski definition) is 0. The summed E-state index contributed by atoms with van der Waals surface area (Å²) in [5, 5.41) is 0. The van der Waals surface area contributed by atoms with E-state index in [1.807, 2.05) is 47.7 Å². The summed E-state index contributed by atoms with van der Waals surface area (Å²) in [4.78, 5) is 18.7. The lowest BCUT2D eigenvalue weighted by Gasteiger charge is -2.07. The quantitative estimate of drug-likeness (QED) is 0.471. The maximum atomic E-state index is 12.0. The van der Waals surface area contributed by atoms with Gasteiger partial charge in [0.15, 0.2) is 11.2 Å². The van der Waals surface area contributed by atoms with E-state index < -0.39 is 0 Å². The van der Waals surface area contributed by atoms with E-state index >= 15 is 0 Å². The molecule has 0 N–H and O–H groups in total. The molecule has 4 aromatic rings. The van der Waals surface area contributed by atoms with E-state index in [4.69, 9.17) is 9.72 Å². The molecular formula is C21H18N2O2S. The van der Waals surface area contributed by atoms with Crippen LogP contribution in [0.5, 0.6) is 5.75 Å². The Labute approximate surface area is 155 Å². The van der Waals surface area contributed by atoms with Gasteiger partial charge in [-0.15, -0.1) is 11.3 Å². The fraction of sp³-hybridized carbons (Fsp3) is 0.143. The van der Waals surface area contributed by atoms with Gasteiger partial charge in [-0.3, -0.25) is 9.20 Å². The number of rotatable bonds is 4. The normalized spacial score (nSPS) is 11.0. The SMILES string of the molecule is COc1ccc(-c2nc3sc(C)c(-c4ccccc4)n3c2C=O)cc1C. The summed E-state index contributed by atoms with van der Waals surface area (Å²) in [5.41, 5.74) is 5.31. The predicted molar refractivity (Wildman–Crippen MR) is 105 cm³/mol. The fourth-order valence-electron chi connectivity index (χ4n) is 3.31. The zero-order valence-electron chi connectivity index (χ0n) is 14.8. The molecule has 130 valence electrons. The smallest absolute Gasteiger partial charge is 0.195 e. The number of ether oxygens (including phenoxy) is 1. The summed E-state index contributed by atoms with van der Waals surface area (Å²) < 4.78 is 7.31. The molecule has 0 bridgehead atoms. The summed E-state index contributed by atoms with van der Waals surface area (Å²) in [6, 6.07) is 16.0. The Hall–Kier alpha value is -2.92. The van der Waals surface area contributed by atoms with Gasteiger partial charge in [0, 0.05) is 10.4 Å². The number of fused-ring (bicyclic) bond motifs is 1. The molecule has 0 atom stereocenters. The Kier molecular flexibility index (Phi) is 4.09. The van der Waals surface area contributed by atoms with Crippen LogP contribution in [0.25, 0.3) is 27.5 Å². The third kappa shape index (κ3) is 2.52. The zero-order valence-corrected chi connectivity index (χ0v) is 15.6. The van der Waals surface area contributed by atoms with Crippen LogP contribution in [0.15, 0.2) is 48.5 Å². The molecule has 5 heteroatoms. The van der Waals surface area contributed by atoms with Crippen molar-refractivity contribution in [2.24, 2.45) is 0 Å². The molecule has 26 heavy (non-hydrogen) atoms. The largest absolute Gasteiger partial charge is 0.496 e. The van der Waals surface area contributed by atoms with E-state index in [-0.39, 0.29) is 0 Å². The van der Waals surface area contributed by atoms with Crippen LogP contribution in [0.3, 0.4) is 0 Å². The van der Waals surface area contributed by atoms with Gasteiger partial charge < -0.3 is 4.74 Å². The fourth-order valence-corrected chi connectivity index (χ4v) is 4.31. The van der Waals surface area contributed by atoms with Crippen molar-refractivity contribution in [2.75, 3.05) is 7.11 Å². The van der Waals surface area contributed by atoms with Crippen LogP contribution in [0, 0.1) is 13.8 Å². The molecule has 0 fully saturated rings. The van der Waals surface area contributed by atoms with Crippen molar-refractivity contribution in [3.05, 3.63) is 64.7 Å². The maximum Gasteiger partial charge on any atom is 0.195 e. The first-order valence-electron chi connectivity index (χ1n) is 8.31. The Morgan fingerprint density at radius 2 is 1.85 bits per heavy atom. The second-order valence-electron chi connectivity index (χ2n) is 6.14.